The molecule has 0 spiro atoms. The number of rotatable bonds is 10. The van der Waals surface area contributed by atoms with Crippen LogP contribution in [0.15, 0.2) is 30.3 Å². The monoisotopic (exact) mass is 321 g/mol. The minimum Gasteiger partial charge on any atom is -0.467 e. The van der Waals surface area contributed by atoms with Crippen molar-refractivity contribution in [2.24, 2.45) is 0 Å². The summed E-state index contributed by atoms with van der Waals surface area (Å²) in [6, 6.07) is 8.76. The molecule has 5 heteroatoms. The fourth-order valence-corrected chi connectivity index (χ4v) is 2.25. The molecule has 5 nitrogen and oxygen atoms in total. The Labute approximate surface area is 138 Å². The SMILES string of the molecule is CCCCCCC[C@H](NC(=O)OCc1ccccc1)C(=O)OC. The van der Waals surface area contributed by atoms with Crippen LogP contribution in [0.25, 0.3) is 0 Å². The van der Waals surface area contributed by atoms with E-state index in [1.165, 1.54) is 20.0 Å². The zero-order valence-corrected chi connectivity index (χ0v) is 14.0. The van der Waals surface area contributed by atoms with Gasteiger partial charge in [0, 0.05) is 0 Å². The fraction of sp³-hybridized carbons (Fsp3) is 0.556. The minimum absolute atomic E-state index is 0.178. The lowest BCUT2D eigenvalue weighted by Gasteiger charge is -2.16. The first-order valence-corrected chi connectivity index (χ1v) is 8.22. The third kappa shape index (κ3) is 8.24. The molecule has 0 aliphatic carbocycles. The van der Waals surface area contributed by atoms with Crippen molar-refractivity contribution < 1.29 is 19.1 Å². The quantitative estimate of drug-likeness (QED) is 0.525. The van der Waals surface area contributed by atoms with Crippen molar-refractivity contribution in [1.82, 2.24) is 5.32 Å². The van der Waals surface area contributed by atoms with E-state index in [0.29, 0.717) is 6.42 Å². The van der Waals surface area contributed by atoms with E-state index >= 15 is 0 Å². The second-order valence-corrected chi connectivity index (χ2v) is 5.48. The molecule has 0 aliphatic rings. The largest absolute Gasteiger partial charge is 0.467 e. The second kappa shape index (κ2) is 11.5. The average molecular weight is 321 g/mol. The maximum absolute atomic E-state index is 11.8. The van der Waals surface area contributed by atoms with E-state index in [4.69, 9.17) is 9.47 Å². The first-order chi connectivity index (χ1) is 11.2. The van der Waals surface area contributed by atoms with Crippen LogP contribution in [0.5, 0.6) is 0 Å². The van der Waals surface area contributed by atoms with Gasteiger partial charge >= 0.3 is 12.1 Å². The predicted molar refractivity (Wildman–Crippen MR) is 88.9 cm³/mol. The van der Waals surface area contributed by atoms with Crippen LogP contribution >= 0.6 is 0 Å². The fourth-order valence-electron chi connectivity index (χ4n) is 2.25. The van der Waals surface area contributed by atoms with Gasteiger partial charge in [-0.05, 0) is 12.0 Å². The van der Waals surface area contributed by atoms with Gasteiger partial charge in [-0.2, -0.15) is 0 Å². The van der Waals surface area contributed by atoms with Gasteiger partial charge in [0.2, 0.25) is 0 Å². The number of ether oxygens (including phenoxy) is 2. The highest BCUT2D eigenvalue weighted by atomic mass is 16.6. The molecular weight excluding hydrogens is 294 g/mol. The number of amides is 1. The van der Waals surface area contributed by atoms with Gasteiger partial charge in [-0.15, -0.1) is 0 Å². The summed E-state index contributed by atoms with van der Waals surface area (Å²) in [6.45, 7) is 2.33. The van der Waals surface area contributed by atoms with E-state index in [2.05, 4.69) is 12.2 Å². The molecule has 0 saturated heterocycles. The molecule has 1 amide bonds. The standard InChI is InChI=1S/C18H27NO4/c1-3-4-5-6-10-13-16(17(20)22-2)19-18(21)23-14-15-11-8-7-9-12-15/h7-9,11-12,16H,3-6,10,13-14H2,1-2H3,(H,19,21)/t16-/m0/s1. The lowest BCUT2D eigenvalue weighted by atomic mass is 10.1. The van der Waals surface area contributed by atoms with Crippen LogP contribution in [0.4, 0.5) is 4.79 Å². The normalized spacial score (nSPS) is 11.6. The van der Waals surface area contributed by atoms with Crippen molar-refractivity contribution in [1.29, 1.82) is 0 Å². The number of carbonyl (C=O) groups is 2. The van der Waals surface area contributed by atoms with Crippen LogP contribution in [-0.2, 0) is 20.9 Å². The van der Waals surface area contributed by atoms with Crippen molar-refractivity contribution in [3.63, 3.8) is 0 Å². The van der Waals surface area contributed by atoms with Gasteiger partial charge in [0.25, 0.3) is 0 Å². The van der Waals surface area contributed by atoms with Crippen LogP contribution < -0.4 is 5.32 Å². The first-order valence-electron chi connectivity index (χ1n) is 8.22. The Morgan fingerprint density at radius 1 is 1.09 bits per heavy atom. The molecule has 1 aromatic rings. The van der Waals surface area contributed by atoms with Crippen molar-refractivity contribution in [2.45, 2.75) is 58.1 Å². The Balaban J connectivity index is 2.36. The van der Waals surface area contributed by atoms with Crippen LogP contribution in [0.3, 0.4) is 0 Å². The molecule has 0 aliphatic heterocycles. The molecule has 0 heterocycles. The summed E-state index contributed by atoms with van der Waals surface area (Å²) in [4.78, 5) is 23.6. The minimum atomic E-state index is -0.648. The highest BCUT2D eigenvalue weighted by Crippen LogP contribution is 2.09. The van der Waals surface area contributed by atoms with Gasteiger partial charge in [-0.25, -0.2) is 9.59 Å². The molecule has 0 bridgehead atoms. The smallest absolute Gasteiger partial charge is 0.408 e. The first kappa shape index (κ1) is 19.0. The number of esters is 1. The van der Waals surface area contributed by atoms with Crippen LogP contribution in [0.2, 0.25) is 0 Å². The van der Waals surface area contributed by atoms with Gasteiger partial charge in [0.1, 0.15) is 12.6 Å². The highest BCUT2D eigenvalue weighted by molar-refractivity contribution is 5.81. The van der Waals surface area contributed by atoms with E-state index in [9.17, 15) is 9.59 Å². The molecule has 1 aromatic carbocycles. The predicted octanol–water partition coefficient (Wildman–Crippen LogP) is 3.81. The van der Waals surface area contributed by atoms with Crippen LogP contribution in [-0.4, -0.2) is 25.2 Å². The summed E-state index contributed by atoms with van der Waals surface area (Å²) in [5.41, 5.74) is 0.900. The van der Waals surface area contributed by atoms with E-state index in [0.717, 1.165) is 24.8 Å². The zero-order chi connectivity index (χ0) is 16.9. The van der Waals surface area contributed by atoms with Crippen molar-refractivity contribution in [3.8, 4) is 0 Å². The number of hydrogen-bond donors (Lipinski definition) is 1. The van der Waals surface area contributed by atoms with E-state index in [1.807, 2.05) is 30.3 Å². The molecular formula is C18H27NO4. The average Bonchev–Trinajstić information content (AvgIpc) is 2.59. The molecule has 1 rings (SSSR count). The van der Waals surface area contributed by atoms with E-state index < -0.39 is 18.1 Å². The maximum Gasteiger partial charge on any atom is 0.408 e. The number of unbranched alkanes of at least 4 members (excludes halogenated alkanes) is 4. The molecule has 1 N–H and O–H groups in total. The van der Waals surface area contributed by atoms with Gasteiger partial charge in [0.15, 0.2) is 0 Å². The van der Waals surface area contributed by atoms with Gasteiger partial charge < -0.3 is 14.8 Å². The second-order valence-electron chi connectivity index (χ2n) is 5.48. The number of methoxy groups -OCH3 is 1. The lowest BCUT2D eigenvalue weighted by Crippen LogP contribution is -2.41. The number of carbonyl (C=O) groups excluding carboxylic acids is 2. The molecule has 0 aromatic heterocycles. The van der Waals surface area contributed by atoms with Gasteiger partial charge in [-0.1, -0.05) is 69.4 Å². The lowest BCUT2D eigenvalue weighted by molar-refractivity contribution is -0.143. The molecule has 0 saturated carbocycles. The molecule has 0 radical (unpaired) electrons. The molecule has 128 valence electrons. The Morgan fingerprint density at radius 3 is 2.43 bits per heavy atom. The Hall–Kier alpha value is -2.04. The molecule has 0 unspecified atom stereocenters. The Kier molecular flexibility index (Phi) is 9.52. The number of hydrogen-bond acceptors (Lipinski definition) is 4. The zero-order valence-electron chi connectivity index (χ0n) is 14.0. The van der Waals surface area contributed by atoms with Crippen molar-refractivity contribution in [3.05, 3.63) is 35.9 Å². The summed E-state index contributed by atoms with van der Waals surface area (Å²) >= 11 is 0. The maximum atomic E-state index is 11.8. The summed E-state index contributed by atoms with van der Waals surface area (Å²) in [7, 11) is 1.32. The summed E-state index contributed by atoms with van der Waals surface area (Å²) in [5.74, 6) is -0.433. The topological polar surface area (TPSA) is 64.6 Å². The van der Waals surface area contributed by atoms with E-state index in [1.54, 1.807) is 0 Å². The summed E-state index contributed by atoms with van der Waals surface area (Å²) in [5, 5.41) is 2.59. The van der Waals surface area contributed by atoms with Gasteiger partial charge in [0.05, 0.1) is 7.11 Å². The number of alkyl carbamates (subject to hydrolysis) is 1. The van der Waals surface area contributed by atoms with Crippen molar-refractivity contribution >= 4 is 12.1 Å². The number of nitrogens with one attached hydrogen (secondary N) is 1. The molecule has 23 heavy (non-hydrogen) atoms. The third-order valence-electron chi connectivity index (χ3n) is 3.59. The van der Waals surface area contributed by atoms with Gasteiger partial charge in [-0.3, -0.25) is 0 Å². The third-order valence-corrected chi connectivity index (χ3v) is 3.59. The molecule has 0 fully saturated rings. The van der Waals surface area contributed by atoms with Crippen LogP contribution in [0.1, 0.15) is 51.0 Å². The number of benzene rings is 1. The van der Waals surface area contributed by atoms with Crippen molar-refractivity contribution in [2.75, 3.05) is 7.11 Å². The molecule has 1 atom stereocenters. The highest BCUT2D eigenvalue weighted by Gasteiger charge is 2.21. The summed E-state index contributed by atoms with van der Waals surface area (Å²) in [6.07, 6.45) is 5.39. The summed E-state index contributed by atoms with van der Waals surface area (Å²) < 4.78 is 9.89. The Morgan fingerprint density at radius 2 is 1.78 bits per heavy atom. The van der Waals surface area contributed by atoms with Crippen LogP contribution in [0, 0.1) is 0 Å². The van der Waals surface area contributed by atoms with E-state index in [-0.39, 0.29) is 6.61 Å². The Bertz CT molecular complexity index is 461.